The van der Waals surface area contributed by atoms with Crippen LogP contribution in [0.15, 0.2) is 18.2 Å². The highest BCUT2D eigenvalue weighted by Gasteiger charge is 2.15. The van der Waals surface area contributed by atoms with E-state index in [-0.39, 0.29) is 18.4 Å². The van der Waals surface area contributed by atoms with Gasteiger partial charge in [0.1, 0.15) is 5.75 Å². The maximum absolute atomic E-state index is 9.39. The number of hydrogen-bond acceptors (Lipinski definition) is 3. The lowest BCUT2D eigenvalue weighted by molar-refractivity contribution is 0.0768. The molecule has 1 saturated heterocycles. The first-order valence-electron chi connectivity index (χ1n) is 4.88. The molecule has 1 aliphatic rings. The van der Waals surface area contributed by atoms with Gasteiger partial charge in [0, 0.05) is 6.54 Å². The summed E-state index contributed by atoms with van der Waals surface area (Å²) in [7, 11) is 0. The molecule has 0 aliphatic carbocycles. The van der Waals surface area contributed by atoms with E-state index in [0.29, 0.717) is 12.4 Å². The maximum Gasteiger partial charge on any atom is 0.118 e. The molecule has 0 bridgehead atoms. The number of aromatic hydroxyl groups is 1. The van der Waals surface area contributed by atoms with E-state index in [1.165, 1.54) is 5.56 Å². The Balaban J connectivity index is 0.00000112. The lowest BCUT2D eigenvalue weighted by Crippen LogP contribution is -2.34. The smallest absolute Gasteiger partial charge is 0.118 e. The zero-order valence-corrected chi connectivity index (χ0v) is 9.51. The molecule has 0 aromatic heterocycles. The minimum Gasteiger partial charge on any atom is -0.508 e. The van der Waals surface area contributed by atoms with Gasteiger partial charge in [-0.2, -0.15) is 0 Å². The summed E-state index contributed by atoms with van der Waals surface area (Å²) in [4.78, 5) is 0. The van der Waals surface area contributed by atoms with Crippen molar-refractivity contribution < 1.29 is 9.84 Å². The number of benzene rings is 1. The first-order chi connectivity index (χ1) is 6.77. The Bertz CT molecular complexity index is 324. The molecule has 0 saturated carbocycles. The third-order valence-electron chi connectivity index (χ3n) is 2.54. The van der Waals surface area contributed by atoms with Crippen LogP contribution in [0.4, 0.5) is 0 Å². The highest BCUT2D eigenvalue weighted by atomic mass is 35.5. The SMILES string of the molecule is Cc1cc([C@@H]2COCCN2)ccc1O.Cl. The molecule has 2 rings (SSSR count). The number of morpholine rings is 1. The predicted molar refractivity (Wildman–Crippen MR) is 61.7 cm³/mol. The van der Waals surface area contributed by atoms with E-state index >= 15 is 0 Å². The van der Waals surface area contributed by atoms with Gasteiger partial charge in [-0.15, -0.1) is 12.4 Å². The number of phenolic OH excluding ortho intramolecular Hbond substituents is 1. The number of hydrogen-bond donors (Lipinski definition) is 2. The normalized spacial score (nSPS) is 20.7. The largest absolute Gasteiger partial charge is 0.508 e. The molecule has 1 aromatic carbocycles. The van der Waals surface area contributed by atoms with E-state index in [4.69, 9.17) is 4.74 Å². The third kappa shape index (κ3) is 2.84. The summed E-state index contributed by atoms with van der Waals surface area (Å²) in [5.74, 6) is 0.352. The van der Waals surface area contributed by atoms with Crippen molar-refractivity contribution >= 4 is 12.4 Å². The van der Waals surface area contributed by atoms with Crippen molar-refractivity contribution in [3.05, 3.63) is 29.3 Å². The number of phenols is 1. The van der Waals surface area contributed by atoms with Gasteiger partial charge in [-0.3, -0.25) is 0 Å². The molecule has 1 fully saturated rings. The van der Waals surface area contributed by atoms with Crippen LogP contribution in [-0.2, 0) is 4.74 Å². The van der Waals surface area contributed by atoms with E-state index in [1.54, 1.807) is 6.07 Å². The van der Waals surface area contributed by atoms with Crippen molar-refractivity contribution in [1.82, 2.24) is 5.32 Å². The average Bonchev–Trinajstić information content (AvgIpc) is 2.23. The van der Waals surface area contributed by atoms with Gasteiger partial charge in [-0.1, -0.05) is 12.1 Å². The van der Waals surface area contributed by atoms with E-state index in [0.717, 1.165) is 18.7 Å². The third-order valence-corrected chi connectivity index (χ3v) is 2.54. The maximum atomic E-state index is 9.39. The minimum absolute atomic E-state index is 0. The molecule has 0 amide bonds. The Labute approximate surface area is 95.9 Å². The van der Waals surface area contributed by atoms with Crippen molar-refractivity contribution in [1.29, 1.82) is 0 Å². The summed E-state index contributed by atoms with van der Waals surface area (Å²) < 4.78 is 5.38. The number of halogens is 1. The van der Waals surface area contributed by atoms with Gasteiger partial charge < -0.3 is 15.2 Å². The molecule has 1 atom stereocenters. The summed E-state index contributed by atoms with van der Waals surface area (Å²) >= 11 is 0. The van der Waals surface area contributed by atoms with Gasteiger partial charge in [-0.05, 0) is 24.1 Å². The first-order valence-corrected chi connectivity index (χ1v) is 4.88. The second kappa shape index (κ2) is 5.35. The van der Waals surface area contributed by atoms with Crippen LogP contribution in [0.3, 0.4) is 0 Å². The fraction of sp³-hybridized carbons (Fsp3) is 0.455. The monoisotopic (exact) mass is 229 g/mol. The second-order valence-electron chi connectivity index (χ2n) is 3.63. The first kappa shape index (κ1) is 12.3. The van der Waals surface area contributed by atoms with Gasteiger partial charge in [0.05, 0.1) is 19.3 Å². The molecule has 2 N–H and O–H groups in total. The van der Waals surface area contributed by atoms with Crippen LogP contribution >= 0.6 is 12.4 Å². The minimum atomic E-state index is 0. The Hall–Kier alpha value is -0.770. The van der Waals surface area contributed by atoms with E-state index in [2.05, 4.69) is 5.32 Å². The molecule has 0 unspecified atom stereocenters. The molecule has 3 nitrogen and oxygen atoms in total. The van der Waals surface area contributed by atoms with Gasteiger partial charge in [0.25, 0.3) is 0 Å². The lowest BCUT2D eigenvalue weighted by Gasteiger charge is -2.24. The molecule has 15 heavy (non-hydrogen) atoms. The summed E-state index contributed by atoms with van der Waals surface area (Å²) in [6.45, 7) is 4.30. The molecular formula is C11H16ClNO2. The van der Waals surface area contributed by atoms with Gasteiger partial charge >= 0.3 is 0 Å². The molecule has 1 heterocycles. The number of ether oxygens (including phenoxy) is 1. The standard InChI is InChI=1S/C11H15NO2.ClH/c1-8-6-9(2-3-11(8)13)10-7-14-5-4-12-10;/h2-3,6,10,12-13H,4-5,7H2,1H3;1H/t10-;/m0./s1. The van der Waals surface area contributed by atoms with E-state index < -0.39 is 0 Å². The highest BCUT2D eigenvalue weighted by Crippen LogP contribution is 2.22. The number of nitrogens with one attached hydrogen (secondary N) is 1. The van der Waals surface area contributed by atoms with Crippen LogP contribution in [0.25, 0.3) is 0 Å². The Morgan fingerprint density at radius 2 is 2.27 bits per heavy atom. The Morgan fingerprint density at radius 1 is 1.47 bits per heavy atom. The summed E-state index contributed by atoms with van der Waals surface area (Å²) in [6, 6.07) is 5.94. The molecule has 0 radical (unpaired) electrons. The summed E-state index contributed by atoms with van der Waals surface area (Å²) in [5.41, 5.74) is 2.09. The van der Waals surface area contributed by atoms with Crippen LogP contribution in [0.2, 0.25) is 0 Å². The molecule has 4 heteroatoms. The molecular weight excluding hydrogens is 214 g/mol. The van der Waals surface area contributed by atoms with Crippen molar-refractivity contribution in [2.24, 2.45) is 0 Å². The summed E-state index contributed by atoms with van der Waals surface area (Å²) in [5, 5.41) is 12.8. The van der Waals surface area contributed by atoms with Crippen molar-refractivity contribution in [3.63, 3.8) is 0 Å². The van der Waals surface area contributed by atoms with Crippen LogP contribution in [-0.4, -0.2) is 24.9 Å². The van der Waals surface area contributed by atoms with Crippen molar-refractivity contribution in [3.8, 4) is 5.75 Å². The predicted octanol–water partition coefficient (Wildman–Crippen LogP) is 1.78. The zero-order chi connectivity index (χ0) is 9.97. The average molecular weight is 230 g/mol. The zero-order valence-electron chi connectivity index (χ0n) is 8.69. The fourth-order valence-corrected chi connectivity index (χ4v) is 1.67. The van der Waals surface area contributed by atoms with Crippen molar-refractivity contribution in [2.45, 2.75) is 13.0 Å². The van der Waals surface area contributed by atoms with Gasteiger partial charge in [-0.25, -0.2) is 0 Å². The summed E-state index contributed by atoms with van der Waals surface area (Å²) in [6.07, 6.45) is 0. The Morgan fingerprint density at radius 3 is 2.87 bits per heavy atom. The Kier molecular flexibility index (Phi) is 4.39. The van der Waals surface area contributed by atoms with Crippen LogP contribution < -0.4 is 5.32 Å². The fourth-order valence-electron chi connectivity index (χ4n) is 1.67. The van der Waals surface area contributed by atoms with Crippen LogP contribution in [0.1, 0.15) is 17.2 Å². The van der Waals surface area contributed by atoms with Gasteiger partial charge in [0.15, 0.2) is 0 Å². The van der Waals surface area contributed by atoms with Crippen molar-refractivity contribution in [2.75, 3.05) is 19.8 Å². The lowest BCUT2D eigenvalue weighted by atomic mass is 10.0. The quantitative estimate of drug-likeness (QED) is 0.772. The number of rotatable bonds is 1. The van der Waals surface area contributed by atoms with Crippen LogP contribution in [0.5, 0.6) is 5.75 Å². The highest BCUT2D eigenvalue weighted by molar-refractivity contribution is 5.85. The van der Waals surface area contributed by atoms with Crippen LogP contribution in [0, 0.1) is 6.92 Å². The van der Waals surface area contributed by atoms with E-state index in [1.807, 2.05) is 19.1 Å². The van der Waals surface area contributed by atoms with E-state index in [9.17, 15) is 5.11 Å². The second-order valence-corrected chi connectivity index (χ2v) is 3.63. The molecule has 1 aliphatic heterocycles. The molecule has 84 valence electrons. The topological polar surface area (TPSA) is 41.5 Å². The molecule has 1 aromatic rings. The molecule has 0 spiro atoms. The van der Waals surface area contributed by atoms with Gasteiger partial charge in [0.2, 0.25) is 0 Å². The number of aryl methyl sites for hydroxylation is 1.